The number of carbonyl (C=O) groups excluding carboxylic acids is 1. The largest absolute Gasteiger partial charge is 0.368 e. The predicted octanol–water partition coefficient (Wildman–Crippen LogP) is 1.44. The minimum Gasteiger partial charge on any atom is -0.368 e. The molecule has 0 saturated carbocycles. The molecule has 5 heteroatoms. The van der Waals surface area contributed by atoms with Gasteiger partial charge in [-0.25, -0.2) is 0 Å². The van der Waals surface area contributed by atoms with Gasteiger partial charge in [0.15, 0.2) is 0 Å². The highest BCUT2D eigenvalue weighted by atomic mass is 32.1. The number of thiophene rings is 1. The van der Waals surface area contributed by atoms with E-state index in [0.29, 0.717) is 6.54 Å². The molecule has 0 radical (unpaired) electrons. The van der Waals surface area contributed by atoms with Crippen molar-refractivity contribution in [1.29, 1.82) is 0 Å². The maximum atomic E-state index is 12.3. The minimum absolute atomic E-state index is 0.0132. The highest BCUT2D eigenvalue weighted by molar-refractivity contribution is 7.10. The highest BCUT2D eigenvalue weighted by Crippen LogP contribution is 2.23. The van der Waals surface area contributed by atoms with Crippen LogP contribution >= 0.6 is 11.3 Å². The van der Waals surface area contributed by atoms with E-state index in [2.05, 4.69) is 23.6 Å². The van der Waals surface area contributed by atoms with Crippen molar-refractivity contribution in [2.24, 2.45) is 0 Å². The average molecular weight is 268 g/mol. The topological polar surface area (TPSA) is 50.4 Å². The molecule has 2 heterocycles. The Morgan fingerprint density at radius 2 is 2.28 bits per heavy atom. The lowest BCUT2D eigenvalue weighted by molar-refractivity contribution is -0.146. The van der Waals surface area contributed by atoms with Crippen LogP contribution in [0.1, 0.15) is 23.3 Å². The van der Waals surface area contributed by atoms with Crippen molar-refractivity contribution >= 4 is 17.2 Å². The van der Waals surface area contributed by atoms with Gasteiger partial charge in [0, 0.05) is 12.0 Å². The lowest BCUT2D eigenvalue weighted by Crippen LogP contribution is -2.53. The van der Waals surface area contributed by atoms with Crippen molar-refractivity contribution in [3.05, 3.63) is 21.9 Å². The maximum Gasteiger partial charge on any atom is 0.252 e. The number of piperidine rings is 1. The van der Waals surface area contributed by atoms with Gasteiger partial charge in [0.25, 0.3) is 5.91 Å². The number of aryl methyl sites for hydroxylation is 1. The molecule has 0 atom stereocenters. The number of rotatable bonds is 4. The van der Waals surface area contributed by atoms with Gasteiger partial charge in [-0.05, 0) is 49.9 Å². The third kappa shape index (κ3) is 2.74. The Kier molecular flexibility index (Phi) is 4.37. The Morgan fingerprint density at radius 3 is 2.83 bits per heavy atom. The number of methoxy groups -OCH3 is 1. The molecule has 0 aliphatic carbocycles. The molecular formula is C13H20N2O2S. The van der Waals surface area contributed by atoms with E-state index in [1.165, 1.54) is 10.4 Å². The molecule has 1 aromatic rings. The number of nitrogens with one attached hydrogen (secondary N) is 2. The minimum atomic E-state index is -0.642. The Bertz CT molecular complexity index is 411. The molecule has 1 amide bonds. The van der Waals surface area contributed by atoms with Gasteiger partial charge in [-0.1, -0.05) is 0 Å². The first-order chi connectivity index (χ1) is 8.68. The molecule has 0 spiro atoms. The molecule has 1 aliphatic heterocycles. The number of hydrogen-bond acceptors (Lipinski definition) is 4. The predicted molar refractivity (Wildman–Crippen MR) is 72.7 cm³/mol. The molecule has 2 rings (SSSR count). The molecule has 1 fully saturated rings. The smallest absolute Gasteiger partial charge is 0.252 e. The van der Waals surface area contributed by atoms with Gasteiger partial charge in [-0.2, -0.15) is 0 Å². The summed E-state index contributed by atoms with van der Waals surface area (Å²) < 4.78 is 5.49. The summed E-state index contributed by atoms with van der Waals surface area (Å²) in [5, 5.41) is 8.30. The fraction of sp³-hybridized carbons (Fsp3) is 0.615. The molecule has 1 aromatic heterocycles. The molecule has 100 valence electrons. The van der Waals surface area contributed by atoms with E-state index in [-0.39, 0.29) is 5.91 Å². The molecule has 0 unspecified atom stereocenters. The first kappa shape index (κ1) is 13.5. The summed E-state index contributed by atoms with van der Waals surface area (Å²) in [7, 11) is 1.63. The zero-order chi connectivity index (χ0) is 13.0. The number of ether oxygens (including phenoxy) is 1. The van der Waals surface area contributed by atoms with Gasteiger partial charge in [0.1, 0.15) is 5.60 Å². The Morgan fingerprint density at radius 1 is 1.56 bits per heavy atom. The lowest BCUT2D eigenvalue weighted by atomic mass is 9.91. The van der Waals surface area contributed by atoms with Crippen LogP contribution in [0.5, 0.6) is 0 Å². The Labute approximate surface area is 112 Å². The molecular weight excluding hydrogens is 248 g/mol. The first-order valence-electron chi connectivity index (χ1n) is 6.25. The van der Waals surface area contributed by atoms with E-state index in [9.17, 15) is 4.79 Å². The summed E-state index contributed by atoms with van der Waals surface area (Å²) in [4.78, 5) is 13.5. The molecule has 0 aromatic carbocycles. The van der Waals surface area contributed by atoms with E-state index >= 15 is 0 Å². The van der Waals surface area contributed by atoms with E-state index in [4.69, 9.17) is 4.74 Å². The average Bonchev–Trinajstić information content (AvgIpc) is 2.82. The zero-order valence-electron chi connectivity index (χ0n) is 10.9. The van der Waals surface area contributed by atoms with Crippen molar-refractivity contribution in [2.45, 2.75) is 31.9 Å². The monoisotopic (exact) mass is 268 g/mol. The molecule has 1 saturated heterocycles. The van der Waals surface area contributed by atoms with Crippen molar-refractivity contribution in [1.82, 2.24) is 10.6 Å². The van der Waals surface area contributed by atoms with Gasteiger partial charge in [-0.3, -0.25) is 4.79 Å². The van der Waals surface area contributed by atoms with Crippen LogP contribution in [0.3, 0.4) is 0 Å². The van der Waals surface area contributed by atoms with Crippen LogP contribution in [-0.2, 0) is 16.1 Å². The van der Waals surface area contributed by atoms with Gasteiger partial charge in [0.2, 0.25) is 0 Å². The summed E-state index contributed by atoms with van der Waals surface area (Å²) in [5.74, 6) is 0.0132. The van der Waals surface area contributed by atoms with Crippen LogP contribution in [0.15, 0.2) is 11.4 Å². The van der Waals surface area contributed by atoms with Gasteiger partial charge < -0.3 is 15.4 Å². The van der Waals surface area contributed by atoms with Crippen LogP contribution in [0.25, 0.3) is 0 Å². The molecule has 1 aliphatic rings. The van der Waals surface area contributed by atoms with Crippen LogP contribution in [0.2, 0.25) is 0 Å². The van der Waals surface area contributed by atoms with E-state index in [0.717, 1.165) is 25.9 Å². The number of amides is 1. The summed E-state index contributed by atoms with van der Waals surface area (Å²) in [6.07, 6.45) is 1.47. The standard InChI is InChI=1S/C13H20N2O2S/c1-10-3-8-18-11(10)9-15-12(16)13(17-2)4-6-14-7-5-13/h3,8,14H,4-7,9H2,1-2H3,(H,15,16). The van der Waals surface area contributed by atoms with Crippen molar-refractivity contribution in [3.8, 4) is 0 Å². The van der Waals surface area contributed by atoms with Crippen LogP contribution in [0.4, 0.5) is 0 Å². The highest BCUT2D eigenvalue weighted by Gasteiger charge is 2.39. The summed E-state index contributed by atoms with van der Waals surface area (Å²) in [6.45, 7) is 4.33. The summed E-state index contributed by atoms with van der Waals surface area (Å²) in [6, 6.07) is 2.07. The van der Waals surface area contributed by atoms with Crippen LogP contribution < -0.4 is 10.6 Å². The number of hydrogen-bond donors (Lipinski definition) is 2. The van der Waals surface area contributed by atoms with Crippen molar-refractivity contribution in [3.63, 3.8) is 0 Å². The Balaban J connectivity index is 1.96. The SMILES string of the molecule is COC1(C(=O)NCc2sccc2C)CCNCC1. The lowest BCUT2D eigenvalue weighted by Gasteiger charge is -2.34. The maximum absolute atomic E-state index is 12.3. The fourth-order valence-corrected chi connectivity index (χ4v) is 3.11. The van der Waals surface area contributed by atoms with Crippen molar-refractivity contribution in [2.75, 3.05) is 20.2 Å². The molecule has 0 bridgehead atoms. The van der Waals surface area contributed by atoms with E-state index in [1.807, 2.05) is 5.38 Å². The van der Waals surface area contributed by atoms with Gasteiger partial charge in [-0.15, -0.1) is 11.3 Å². The first-order valence-corrected chi connectivity index (χ1v) is 7.13. The zero-order valence-corrected chi connectivity index (χ0v) is 11.7. The van der Waals surface area contributed by atoms with Crippen LogP contribution in [0, 0.1) is 6.92 Å². The summed E-state index contributed by atoms with van der Waals surface area (Å²) >= 11 is 1.68. The quantitative estimate of drug-likeness (QED) is 0.869. The number of carbonyl (C=O) groups is 1. The third-order valence-electron chi connectivity index (χ3n) is 3.59. The molecule has 4 nitrogen and oxygen atoms in total. The van der Waals surface area contributed by atoms with Gasteiger partial charge >= 0.3 is 0 Å². The summed E-state index contributed by atoms with van der Waals surface area (Å²) in [5.41, 5.74) is 0.591. The van der Waals surface area contributed by atoms with Crippen LogP contribution in [-0.4, -0.2) is 31.7 Å². The van der Waals surface area contributed by atoms with Crippen molar-refractivity contribution < 1.29 is 9.53 Å². The second kappa shape index (κ2) is 5.82. The molecule has 2 N–H and O–H groups in total. The van der Waals surface area contributed by atoms with E-state index < -0.39 is 5.60 Å². The van der Waals surface area contributed by atoms with E-state index in [1.54, 1.807) is 18.4 Å². The fourth-order valence-electron chi connectivity index (χ4n) is 2.26. The normalized spacial score (nSPS) is 18.6. The van der Waals surface area contributed by atoms with Gasteiger partial charge in [0.05, 0.1) is 6.54 Å². The molecule has 18 heavy (non-hydrogen) atoms. The second-order valence-corrected chi connectivity index (χ2v) is 5.66. The second-order valence-electron chi connectivity index (χ2n) is 4.66. The third-order valence-corrected chi connectivity index (χ3v) is 4.62. The Hall–Kier alpha value is -0.910.